The number of carbonyl (C=O) groups is 1. The average molecular weight is 302 g/mol. The van der Waals surface area contributed by atoms with Gasteiger partial charge in [0.15, 0.2) is 6.29 Å². The van der Waals surface area contributed by atoms with Crippen LogP contribution in [0.15, 0.2) is 0 Å². The summed E-state index contributed by atoms with van der Waals surface area (Å²) in [6.07, 6.45) is 3.11. The second-order valence-electron chi connectivity index (χ2n) is 6.27. The molecule has 0 aromatic heterocycles. The number of carbonyl (C=O) groups excluding carboxylic acids is 1. The van der Waals surface area contributed by atoms with Gasteiger partial charge in [0.2, 0.25) is 5.44 Å². The lowest BCUT2D eigenvalue weighted by molar-refractivity contribution is -0.174. The zero-order valence-electron chi connectivity index (χ0n) is 12.8. The number of esters is 1. The highest BCUT2D eigenvalue weighted by molar-refractivity contribution is 8.00. The molecule has 116 valence electrons. The van der Waals surface area contributed by atoms with E-state index < -0.39 is 5.44 Å². The molecule has 2 aliphatic rings. The average Bonchev–Trinajstić information content (AvgIpc) is 2.87. The Morgan fingerprint density at radius 3 is 2.70 bits per heavy atom. The Labute approximate surface area is 125 Å². The fourth-order valence-electron chi connectivity index (χ4n) is 3.08. The Bertz CT molecular complexity index is 334. The minimum Gasteiger partial charge on any atom is -0.459 e. The molecule has 1 aliphatic heterocycles. The molecule has 0 radical (unpaired) electrons. The first-order valence-electron chi connectivity index (χ1n) is 7.51. The highest BCUT2D eigenvalue weighted by Gasteiger charge is 2.38. The van der Waals surface area contributed by atoms with E-state index in [4.69, 9.17) is 14.2 Å². The molecule has 0 spiro atoms. The van der Waals surface area contributed by atoms with Gasteiger partial charge in [0.25, 0.3) is 0 Å². The molecule has 0 bridgehead atoms. The quantitative estimate of drug-likeness (QED) is 0.747. The van der Waals surface area contributed by atoms with Gasteiger partial charge in [-0.05, 0) is 30.6 Å². The van der Waals surface area contributed by atoms with Gasteiger partial charge in [-0.25, -0.2) is 4.79 Å². The Morgan fingerprint density at radius 1 is 1.35 bits per heavy atom. The van der Waals surface area contributed by atoms with Crippen molar-refractivity contribution in [3.63, 3.8) is 0 Å². The molecule has 0 aromatic carbocycles. The summed E-state index contributed by atoms with van der Waals surface area (Å²) in [5.41, 5.74) is -0.523. The molecule has 2 rings (SSSR count). The molecule has 5 heteroatoms. The molecule has 1 saturated carbocycles. The molecule has 2 fully saturated rings. The number of rotatable bonds is 4. The van der Waals surface area contributed by atoms with E-state index in [1.54, 1.807) is 7.11 Å². The van der Waals surface area contributed by atoms with Crippen molar-refractivity contribution in [1.29, 1.82) is 0 Å². The SMILES string of the molecule is CO[C@H]1CS[C@H](C(=O)O[C@@H]2C[C@H](C)CC[C@H]2C(C)C)O1. The van der Waals surface area contributed by atoms with Crippen molar-refractivity contribution in [2.24, 2.45) is 17.8 Å². The molecule has 0 aromatic rings. The molecule has 5 atom stereocenters. The molecule has 1 heterocycles. The van der Waals surface area contributed by atoms with Crippen LogP contribution >= 0.6 is 11.8 Å². The van der Waals surface area contributed by atoms with E-state index in [0.29, 0.717) is 23.5 Å². The maximum atomic E-state index is 12.2. The summed E-state index contributed by atoms with van der Waals surface area (Å²) in [5, 5.41) is 0. The number of methoxy groups -OCH3 is 1. The van der Waals surface area contributed by atoms with Crippen LogP contribution in [0, 0.1) is 17.8 Å². The van der Waals surface area contributed by atoms with Crippen LogP contribution in [-0.4, -0.2) is 36.7 Å². The maximum Gasteiger partial charge on any atom is 0.346 e. The van der Waals surface area contributed by atoms with Crippen LogP contribution in [-0.2, 0) is 19.0 Å². The van der Waals surface area contributed by atoms with E-state index in [1.807, 2.05) is 0 Å². The summed E-state index contributed by atoms with van der Waals surface area (Å²) >= 11 is 1.46. The minimum absolute atomic E-state index is 0.0389. The number of hydrogen-bond acceptors (Lipinski definition) is 5. The zero-order valence-corrected chi connectivity index (χ0v) is 13.7. The van der Waals surface area contributed by atoms with Gasteiger partial charge < -0.3 is 14.2 Å². The standard InChI is InChI=1S/C15H26O4S/c1-9(2)11-6-5-10(3)7-12(11)18-14(16)15-19-13(17-4)8-20-15/h9-13,15H,5-8H2,1-4H3/t10-,11+,12-,13-,15-/m1/s1. The maximum absolute atomic E-state index is 12.2. The lowest BCUT2D eigenvalue weighted by Gasteiger charge is -2.37. The van der Waals surface area contributed by atoms with Gasteiger partial charge in [-0.15, -0.1) is 11.8 Å². The second kappa shape index (κ2) is 7.14. The monoisotopic (exact) mass is 302 g/mol. The first kappa shape index (κ1) is 16.1. The van der Waals surface area contributed by atoms with Crippen molar-refractivity contribution in [2.75, 3.05) is 12.9 Å². The third-order valence-electron chi connectivity index (χ3n) is 4.34. The summed E-state index contributed by atoms with van der Waals surface area (Å²) in [7, 11) is 1.59. The predicted octanol–water partition coefficient (Wildman–Crippen LogP) is 3.05. The summed E-state index contributed by atoms with van der Waals surface area (Å²) < 4.78 is 16.4. The van der Waals surface area contributed by atoms with E-state index >= 15 is 0 Å². The van der Waals surface area contributed by atoms with Gasteiger partial charge in [-0.3, -0.25) is 0 Å². The highest BCUT2D eigenvalue weighted by atomic mass is 32.2. The van der Waals surface area contributed by atoms with Crippen LogP contribution in [0.5, 0.6) is 0 Å². The Balaban J connectivity index is 1.91. The second-order valence-corrected chi connectivity index (χ2v) is 7.36. The number of hydrogen-bond donors (Lipinski definition) is 0. The molecule has 0 N–H and O–H groups in total. The van der Waals surface area contributed by atoms with Crippen molar-refractivity contribution in [3.05, 3.63) is 0 Å². The summed E-state index contributed by atoms with van der Waals surface area (Å²) in [5.74, 6) is 2.10. The van der Waals surface area contributed by atoms with Gasteiger partial charge in [0, 0.05) is 12.9 Å². The summed E-state index contributed by atoms with van der Waals surface area (Å²) in [6.45, 7) is 6.66. The van der Waals surface area contributed by atoms with Crippen molar-refractivity contribution >= 4 is 17.7 Å². The molecule has 1 aliphatic carbocycles. The van der Waals surface area contributed by atoms with E-state index in [0.717, 1.165) is 12.8 Å². The van der Waals surface area contributed by atoms with Crippen LogP contribution in [0.4, 0.5) is 0 Å². The van der Waals surface area contributed by atoms with Gasteiger partial charge >= 0.3 is 5.97 Å². The highest BCUT2D eigenvalue weighted by Crippen LogP contribution is 2.36. The molecule has 1 saturated heterocycles. The number of thioether (sulfide) groups is 1. The topological polar surface area (TPSA) is 44.8 Å². The zero-order chi connectivity index (χ0) is 14.7. The third-order valence-corrected chi connectivity index (χ3v) is 5.41. The summed E-state index contributed by atoms with van der Waals surface area (Å²) in [4.78, 5) is 12.2. The fraction of sp³-hybridized carbons (Fsp3) is 0.933. The smallest absolute Gasteiger partial charge is 0.346 e. The van der Waals surface area contributed by atoms with E-state index in [2.05, 4.69) is 20.8 Å². The molecular weight excluding hydrogens is 276 g/mol. The lowest BCUT2D eigenvalue weighted by atomic mass is 9.75. The summed E-state index contributed by atoms with van der Waals surface area (Å²) in [6, 6.07) is 0. The molecule has 0 unspecified atom stereocenters. The van der Waals surface area contributed by atoms with Crippen molar-refractivity contribution < 1.29 is 19.0 Å². The van der Waals surface area contributed by atoms with Gasteiger partial charge in [-0.2, -0.15) is 0 Å². The Kier molecular flexibility index (Phi) is 5.75. The molecule has 4 nitrogen and oxygen atoms in total. The first-order chi connectivity index (χ1) is 9.51. The Hall–Kier alpha value is -0.260. The third kappa shape index (κ3) is 3.89. The van der Waals surface area contributed by atoms with Crippen molar-refractivity contribution in [2.45, 2.75) is 57.9 Å². The van der Waals surface area contributed by atoms with Gasteiger partial charge in [-0.1, -0.05) is 27.2 Å². The Morgan fingerprint density at radius 2 is 2.10 bits per heavy atom. The van der Waals surface area contributed by atoms with Gasteiger partial charge in [0.1, 0.15) is 6.10 Å². The predicted molar refractivity (Wildman–Crippen MR) is 79.4 cm³/mol. The van der Waals surface area contributed by atoms with Crippen LogP contribution in [0.2, 0.25) is 0 Å². The fourth-order valence-corrected chi connectivity index (χ4v) is 4.03. The largest absolute Gasteiger partial charge is 0.459 e. The van der Waals surface area contributed by atoms with Gasteiger partial charge in [0.05, 0.1) is 0 Å². The van der Waals surface area contributed by atoms with Crippen LogP contribution in [0.3, 0.4) is 0 Å². The molecule has 20 heavy (non-hydrogen) atoms. The normalized spacial score (nSPS) is 38.1. The molecule has 0 amide bonds. The first-order valence-corrected chi connectivity index (χ1v) is 8.56. The molecular formula is C15H26O4S. The number of ether oxygens (including phenoxy) is 3. The van der Waals surface area contributed by atoms with Crippen LogP contribution < -0.4 is 0 Å². The minimum atomic E-state index is -0.523. The van der Waals surface area contributed by atoms with E-state index in [9.17, 15) is 4.79 Å². The van der Waals surface area contributed by atoms with Crippen LogP contribution in [0.1, 0.15) is 40.0 Å². The van der Waals surface area contributed by atoms with Crippen molar-refractivity contribution in [3.8, 4) is 0 Å². The van der Waals surface area contributed by atoms with E-state index in [1.165, 1.54) is 18.2 Å². The lowest BCUT2D eigenvalue weighted by Crippen LogP contribution is -2.38. The van der Waals surface area contributed by atoms with Crippen LogP contribution in [0.25, 0.3) is 0 Å². The van der Waals surface area contributed by atoms with E-state index in [-0.39, 0.29) is 18.4 Å². The van der Waals surface area contributed by atoms with Crippen molar-refractivity contribution in [1.82, 2.24) is 0 Å².